The van der Waals surface area contributed by atoms with E-state index in [2.05, 4.69) is 68.3 Å². The Hall–Kier alpha value is -2.29. The molecule has 4 rings (SSSR count). The third kappa shape index (κ3) is 4.02. The highest BCUT2D eigenvalue weighted by Gasteiger charge is 2.34. The summed E-state index contributed by atoms with van der Waals surface area (Å²) in [5, 5.41) is 14.7. The number of tetrazole rings is 1. The molecule has 0 bridgehead atoms. The molecule has 0 saturated carbocycles. The molecule has 1 N–H and O–H groups in total. The van der Waals surface area contributed by atoms with Crippen molar-refractivity contribution in [3.63, 3.8) is 0 Å². The van der Waals surface area contributed by atoms with Crippen LogP contribution in [-0.2, 0) is 11.3 Å². The highest BCUT2D eigenvalue weighted by Crippen LogP contribution is 2.22. The number of benzene rings is 1. The van der Waals surface area contributed by atoms with Crippen molar-refractivity contribution in [3.8, 4) is 0 Å². The Bertz CT molecular complexity index is 814. The van der Waals surface area contributed by atoms with Gasteiger partial charge in [-0.15, -0.1) is 16.4 Å². The van der Waals surface area contributed by atoms with E-state index in [4.69, 9.17) is 4.74 Å². The van der Waals surface area contributed by atoms with E-state index < -0.39 is 0 Å². The van der Waals surface area contributed by atoms with E-state index in [-0.39, 0.29) is 6.04 Å². The number of nitrogens with one attached hydrogen (secondary N) is 1. The van der Waals surface area contributed by atoms with Crippen LogP contribution in [0, 0.1) is 0 Å². The smallest absolute Gasteiger partial charge is 0.215 e. The molecule has 1 fully saturated rings. The highest BCUT2D eigenvalue weighted by molar-refractivity contribution is 7.10. The number of para-hydroxylation sites is 1. The summed E-state index contributed by atoms with van der Waals surface area (Å²) in [4.78, 5) is 5.29. The number of methoxy groups -OCH3 is 1. The molecule has 1 aromatic carbocycles. The molecular weight excluding hydrogens is 360 g/mol. The second-order valence-corrected chi connectivity index (χ2v) is 7.66. The zero-order valence-electron chi connectivity index (χ0n) is 15.5. The first-order chi connectivity index (χ1) is 13.4. The second-order valence-electron chi connectivity index (χ2n) is 6.68. The van der Waals surface area contributed by atoms with Crippen molar-refractivity contribution in [3.05, 3.63) is 58.5 Å². The van der Waals surface area contributed by atoms with Gasteiger partial charge in [-0.3, -0.25) is 0 Å². The van der Waals surface area contributed by atoms with Gasteiger partial charge in [0.15, 0.2) is 6.04 Å². The van der Waals surface area contributed by atoms with Crippen LogP contribution in [0.2, 0.25) is 0 Å². The van der Waals surface area contributed by atoms with Crippen LogP contribution in [0.15, 0.2) is 47.8 Å². The maximum Gasteiger partial charge on any atom is 0.215 e. The standard InChI is InChI=1S/C19H24N6OS/c1-26-14-13-25-19(20-21-22-25)18(17-8-5-15-27-17)24-11-9-23(10-12-24)16-6-3-2-4-7-16/h2-8,15,18H,9-14H2,1H3/p+1/t18-/m1/s1. The number of hydrogen-bond donors (Lipinski definition) is 1. The zero-order valence-corrected chi connectivity index (χ0v) is 16.3. The van der Waals surface area contributed by atoms with Crippen LogP contribution in [0.4, 0.5) is 5.69 Å². The molecule has 0 amide bonds. The van der Waals surface area contributed by atoms with E-state index in [1.54, 1.807) is 18.4 Å². The largest absolute Gasteiger partial charge is 0.383 e. The molecule has 1 atom stereocenters. The van der Waals surface area contributed by atoms with Crippen LogP contribution < -0.4 is 9.80 Å². The second kappa shape index (κ2) is 8.60. The fourth-order valence-corrected chi connectivity index (χ4v) is 4.58. The summed E-state index contributed by atoms with van der Waals surface area (Å²) in [6.07, 6.45) is 0. The molecule has 27 heavy (non-hydrogen) atoms. The predicted octanol–water partition coefficient (Wildman–Crippen LogP) is 0.876. The van der Waals surface area contributed by atoms with Crippen LogP contribution in [0.3, 0.4) is 0 Å². The van der Waals surface area contributed by atoms with Crippen LogP contribution >= 0.6 is 11.3 Å². The van der Waals surface area contributed by atoms with Gasteiger partial charge in [0.05, 0.1) is 44.2 Å². The number of hydrogen-bond acceptors (Lipinski definition) is 6. The average Bonchev–Trinajstić information content (AvgIpc) is 3.41. The SMILES string of the molecule is COCCn1nnnc1[C@@H](c1cccs1)[NH+]1CCN(c2ccccc2)CC1. The summed E-state index contributed by atoms with van der Waals surface area (Å²) < 4.78 is 7.12. The lowest BCUT2D eigenvalue weighted by Crippen LogP contribution is -3.15. The van der Waals surface area contributed by atoms with Crippen molar-refractivity contribution in [2.24, 2.45) is 0 Å². The van der Waals surface area contributed by atoms with Crippen molar-refractivity contribution in [2.45, 2.75) is 12.6 Å². The molecule has 142 valence electrons. The molecule has 8 heteroatoms. The normalized spacial score (nSPS) is 16.6. The average molecular weight is 386 g/mol. The Balaban J connectivity index is 1.54. The molecule has 2 aromatic heterocycles. The lowest BCUT2D eigenvalue weighted by Gasteiger charge is -2.36. The summed E-state index contributed by atoms with van der Waals surface area (Å²) in [5.74, 6) is 0.928. The summed E-state index contributed by atoms with van der Waals surface area (Å²) in [6.45, 7) is 5.43. The maximum absolute atomic E-state index is 5.22. The van der Waals surface area contributed by atoms with Gasteiger partial charge >= 0.3 is 0 Å². The van der Waals surface area contributed by atoms with Gasteiger partial charge in [-0.2, -0.15) is 0 Å². The summed E-state index contributed by atoms with van der Waals surface area (Å²) in [7, 11) is 1.70. The zero-order chi connectivity index (χ0) is 18.5. The monoisotopic (exact) mass is 385 g/mol. The molecule has 3 heterocycles. The molecule has 0 aliphatic carbocycles. The Morgan fingerprint density at radius 3 is 2.67 bits per heavy atom. The molecule has 1 aliphatic heterocycles. The number of nitrogens with zero attached hydrogens (tertiary/aromatic N) is 5. The van der Waals surface area contributed by atoms with Crippen LogP contribution in [0.5, 0.6) is 0 Å². The Morgan fingerprint density at radius 1 is 1.15 bits per heavy atom. The van der Waals surface area contributed by atoms with Crippen molar-refractivity contribution in [1.82, 2.24) is 20.2 Å². The van der Waals surface area contributed by atoms with E-state index >= 15 is 0 Å². The molecule has 0 radical (unpaired) electrons. The van der Waals surface area contributed by atoms with Crippen LogP contribution in [0.1, 0.15) is 16.7 Å². The number of rotatable bonds is 7. The number of quaternary nitrogens is 1. The van der Waals surface area contributed by atoms with Gasteiger partial charge in [0.25, 0.3) is 0 Å². The summed E-state index contributed by atoms with van der Waals surface area (Å²) in [6, 6.07) is 15.1. The number of aromatic nitrogens is 4. The third-order valence-electron chi connectivity index (χ3n) is 5.09. The van der Waals surface area contributed by atoms with Crippen molar-refractivity contribution >= 4 is 17.0 Å². The first-order valence-electron chi connectivity index (χ1n) is 9.30. The molecular formula is C19H25N6OS+. The van der Waals surface area contributed by atoms with Crippen molar-refractivity contribution in [1.29, 1.82) is 0 Å². The molecule has 1 aliphatic rings. The lowest BCUT2D eigenvalue weighted by molar-refractivity contribution is -0.926. The van der Waals surface area contributed by atoms with Gasteiger partial charge in [0.1, 0.15) is 0 Å². The first-order valence-corrected chi connectivity index (χ1v) is 10.2. The van der Waals surface area contributed by atoms with Crippen molar-refractivity contribution in [2.75, 3.05) is 44.8 Å². The minimum Gasteiger partial charge on any atom is -0.383 e. The number of thiophene rings is 1. The van der Waals surface area contributed by atoms with Gasteiger partial charge in [0, 0.05) is 12.8 Å². The Labute approximate surface area is 163 Å². The molecule has 0 spiro atoms. The van der Waals surface area contributed by atoms with E-state index in [1.165, 1.54) is 15.5 Å². The van der Waals surface area contributed by atoms with E-state index in [0.29, 0.717) is 13.2 Å². The fraction of sp³-hybridized carbons (Fsp3) is 0.421. The summed E-state index contributed by atoms with van der Waals surface area (Å²) in [5.41, 5.74) is 1.30. The Kier molecular flexibility index (Phi) is 5.76. The minimum atomic E-state index is 0.162. The fourth-order valence-electron chi connectivity index (χ4n) is 3.70. The van der Waals surface area contributed by atoms with Gasteiger partial charge in [-0.25, -0.2) is 4.68 Å². The third-order valence-corrected chi connectivity index (χ3v) is 6.03. The lowest BCUT2D eigenvalue weighted by atomic mass is 10.1. The van der Waals surface area contributed by atoms with Gasteiger partial charge in [-0.05, 0) is 34.0 Å². The van der Waals surface area contributed by atoms with Gasteiger partial charge in [0.2, 0.25) is 5.82 Å². The van der Waals surface area contributed by atoms with E-state index in [0.717, 1.165) is 32.0 Å². The van der Waals surface area contributed by atoms with Gasteiger partial charge < -0.3 is 14.5 Å². The molecule has 3 aromatic rings. The molecule has 7 nitrogen and oxygen atoms in total. The molecule has 0 unspecified atom stereocenters. The number of ether oxygens (including phenoxy) is 1. The van der Waals surface area contributed by atoms with Gasteiger partial charge in [-0.1, -0.05) is 24.3 Å². The predicted molar refractivity (Wildman–Crippen MR) is 105 cm³/mol. The number of anilines is 1. The molecule has 1 saturated heterocycles. The highest BCUT2D eigenvalue weighted by atomic mass is 32.1. The minimum absolute atomic E-state index is 0.162. The quantitative estimate of drug-likeness (QED) is 0.654. The van der Waals surface area contributed by atoms with Crippen molar-refractivity contribution < 1.29 is 9.64 Å². The Morgan fingerprint density at radius 2 is 1.96 bits per heavy atom. The van der Waals surface area contributed by atoms with E-state index in [9.17, 15) is 0 Å². The topological polar surface area (TPSA) is 60.5 Å². The maximum atomic E-state index is 5.22. The number of piperazine rings is 1. The first kappa shape index (κ1) is 18.1. The van der Waals surface area contributed by atoms with Crippen LogP contribution in [0.25, 0.3) is 0 Å². The summed E-state index contributed by atoms with van der Waals surface area (Å²) >= 11 is 1.78. The van der Waals surface area contributed by atoms with E-state index in [1.807, 2.05) is 4.68 Å². The van der Waals surface area contributed by atoms with Crippen LogP contribution in [-0.4, -0.2) is 60.1 Å².